The third kappa shape index (κ3) is 2.44. The number of nitrogens with zero attached hydrogens (tertiary/aromatic N) is 1. The number of fused-ring (bicyclic) bond motifs is 5. The van der Waals surface area contributed by atoms with E-state index in [0.29, 0.717) is 10.8 Å². The SMILES string of the molecule is O=C1C(Oc2ccccc2)C2(c3ccccc3-c3ccccc32)N1c1ccc(Cl)cc1. The fraction of sp³-hybridized carbons (Fsp3) is 0.0741. The first-order chi connectivity index (χ1) is 15.2. The summed E-state index contributed by atoms with van der Waals surface area (Å²) in [4.78, 5) is 15.5. The van der Waals surface area contributed by atoms with E-state index in [0.717, 1.165) is 27.9 Å². The van der Waals surface area contributed by atoms with Crippen molar-refractivity contribution in [3.8, 4) is 16.9 Å². The second-order valence-corrected chi connectivity index (χ2v) is 8.25. The van der Waals surface area contributed by atoms with Crippen molar-refractivity contribution in [2.75, 3.05) is 4.90 Å². The molecule has 1 heterocycles. The first-order valence-corrected chi connectivity index (χ1v) is 10.6. The summed E-state index contributed by atoms with van der Waals surface area (Å²) in [6, 6.07) is 33.5. The van der Waals surface area contributed by atoms with Gasteiger partial charge in [0.2, 0.25) is 6.10 Å². The molecule has 4 aromatic carbocycles. The lowest BCUT2D eigenvalue weighted by molar-refractivity contribution is -0.139. The summed E-state index contributed by atoms with van der Waals surface area (Å²) < 4.78 is 6.37. The number of carbonyl (C=O) groups excluding carboxylic acids is 1. The molecule has 31 heavy (non-hydrogen) atoms. The first-order valence-electron chi connectivity index (χ1n) is 10.2. The van der Waals surface area contributed by atoms with Crippen molar-refractivity contribution in [3.63, 3.8) is 0 Å². The number of hydrogen-bond acceptors (Lipinski definition) is 2. The van der Waals surface area contributed by atoms with Crippen molar-refractivity contribution in [2.24, 2.45) is 0 Å². The maximum Gasteiger partial charge on any atom is 0.272 e. The van der Waals surface area contributed by atoms with Gasteiger partial charge >= 0.3 is 0 Å². The zero-order chi connectivity index (χ0) is 21.0. The number of amides is 1. The highest BCUT2D eigenvalue weighted by atomic mass is 35.5. The molecule has 0 aromatic heterocycles. The number of ether oxygens (including phenoxy) is 1. The number of para-hydroxylation sites is 1. The Balaban J connectivity index is 1.60. The minimum Gasteiger partial charge on any atom is -0.477 e. The van der Waals surface area contributed by atoms with Gasteiger partial charge in [0.1, 0.15) is 11.3 Å². The topological polar surface area (TPSA) is 29.5 Å². The Morgan fingerprint density at radius 2 is 1.26 bits per heavy atom. The summed E-state index contributed by atoms with van der Waals surface area (Å²) in [7, 11) is 0. The van der Waals surface area contributed by atoms with Crippen LogP contribution in [0.3, 0.4) is 0 Å². The summed E-state index contributed by atoms with van der Waals surface area (Å²) in [5.74, 6) is 0.607. The molecule has 4 aromatic rings. The molecule has 1 aliphatic carbocycles. The summed E-state index contributed by atoms with van der Waals surface area (Å²) in [5.41, 5.74) is 4.47. The van der Waals surface area contributed by atoms with Crippen molar-refractivity contribution in [3.05, 3.63) is 119 Å². The molecular formula is C27H18ClNO2. The summed E-state index contributed by atoms with van der Waals surface area (Å²) >= 11 is 6.14. The van der Waals surface area contributed by atoms with Crippen LogP contribution in [0.1, 0.15) is 11.1 Å². The smallest absolute Gasteiger partial charge is 0.272 e. The molecule has 3 nitrogen and oxygen atoms in total. The zero-order valence-electron chi connectivity index (χ0n) is 16.5. The van der Waals surface area contributed by atoms with Crippen molar-refractivity contribution in [2.45, 2.75) is 11.6 Å². The molecule has 1 amide bonds. The highest BCUT2D eigenvalue weighted by Gasteiger charge is 2.68. The van der Waals surface area contributed by atoms with Gasteiger partial charge < -0.3 is 4.74 Å². The monoisotopic (exact) mass is 423 g/mol. The third-order valence-electron chi connectivity index (χ3n) is 6.22. The van der Waals surface area contributed by atoms with Crippen LogP contribution in [0.5, 0.6) is 5.75 Å². The van der Waals surface area contributed by atoms with Crippen molar-refractivity contribution < 1.29 is 9.53 Å². The molecule has 6 rings (SSSR count). The fourth-order valence-electron chi connectivity index (χ4n) is 4.98. The quantitative estimate of drug-likeness (QED) is 0.375. The van der Waals surface area contributed by atoms with Crippen molar-refractivity contribution >= 4 is 23.2 Å². The van der Waals surface area contributed by atoms with E-state index in [-0.39, 0.29) is 5.91 Å². The van der Waals surface area contributed by atoms with Crippen LogP contribution >= 0.6 is 11.6 Å². The Bertz CT molecular complexity index is 1250. The molecule has 2 aliphatic rings. The molecule has 1 saturated heterocycles. The summed E-state index contributed by atoms with van der Waals surface area (Å²) in [6.07, 6.45) is -0.671. The molecule has 0 N–H and O–H groups in total. The van der Waals surface area contributed by atoms with Gasteiger partial charge in [0.25, 0.3) is 5.91 Å². The van der Waals surface area contributed by atoms with Crippen LogP contribution in [0.2, 0.25) is 5.02 Å². The summed E-state index contributed by atoms with van der Waals surface area (Å²) in [5, 5.41) is 0.634. The Labute approximate surface area is 185 Å². The average Bonchev–Trinajstić information content (AvgIpc) is 3.12. The molecule has 0 bridgehead atoms. The van der Waals surface area contributed by atoms with E-state index >= 15 is 0 Å². The maximum atomic E-state index is 13.6. The van der Waals surface area contributed by atoms with E-state index in [9.17, 15) is 4.79 Å². The molecule has 1 atom stereocenters. The molecule has 1 spiro atoms. The zero-order valence-corrected chi connectivity index (χ0v) is 17.3. The van der Waals surface area contributed by atoms with Gasteiger partial charge in [-0.15, -0.1) is 0 Å². The van der Waals surface area contributed by atoms with E-state index in [1.54, 1.807) is 0 Å². The van der Waals surface area contributed by atoms with E-state index in [1.807, 2.05) is 83.8 Å². The predicted molar refractivity (Wildman–Crippen MR) is 122 cm³/mol. The van der Waals surface area contributed by atoms with Gasteiger partial charge in [0.15, 0.2) is 0 Å². The Morgan fingerprint density at radius 3 is 1.87 bits per heavy atom. The molecule has 150 valence electrons. The standard InChI is InChI=1S/C27H18ClNO2/c28-18-14-16-19(17-15-18)29-26(30)25(31-20-8-2-1-3-9-20)27(29)23-12-6-4-10-21(23)22-11-5-7-13-24(22)27/h1-17,25H. The lowest BCUT2D eigenvalue weighted by Crippen LogP contribution is -2.74. The third-order valence-corrected chi connectivity index (χ3v) is 6.48. The molecule has 1 fully saturated rings. The van der Waals surface area contributed by atoms with Crippen LogP contribution in [0.4, 0.5) is 5.69 Å². The number of anilines is 1. The van der Waals surface area contributed by atoms with Crippen LogP contribution < -0.4 is 9.64 Å². The molecule has 1 aliphatic heterocycles. The molecule has 4 heteroatoms. The number of rotatable bonds is 3. The lowest BCUT2D eigenvalue weighted by atomic mass is 9.72. The second kappa shape index (κ2) is 6.73. The minimum atomic E-state index is -0.742. The number of halogens is 1. The van der Waals surface area contributed by atoms with Crippen LogP contribution in [-0.2, 0) is 10.3 Å². The second-order valence-electron chi connectivity index (χ2n) is 7.82. The Hall–Kier alpha value is -3.56. The van der Waals surface area contributed by atoms with Crippen LogP contribution in [0, 0.1) is 0 Å². The van der Waals surface area contributed by atoms with E-state index in [4.69, 9.17) is 16.3 Å². The van der Waals surface area contributed by atoms with Gasteiger partial charge in [-0.25, -0.2) is 0 Å². The fourth-order valence-corrected chi connectivity index (χ4v) is 5.11. The van der Waals surface area contributed by atoms with Crippen LogP contribution in [0.25, 0.3) is 11.1 Å². The molecular weight excluding hydrogens is 406 g/mol. The number of benzene rings is 4. The number of β-lactam (4-membered cyclic amide) rings is 1. The van der Waals surface area contributed by atoms with Crippen LogP contribution in [0.15, 0.2) is 103 Å². The largest absolute Gasteiger partial charge is 0.477 e. The van der Waals surface area contributed by atoms with Gasteiger partial charge in [0, 0.05) is 10.7 Å². The first kappa shape index (κ1) is 18.2. The summed E-state index contributed by atoms with van der Waals surface area (Å²) in [6.45, 7) is 0. The highest BCUT2D eigenvalue weighted by Crippen LogP contribution is 2.59. The van der Waals surface area contributed by atoms with Crippen molar-refractivity contribution in [1.82, 2.24) is 0 Å². The predicted octanol–water partition coefficient (Wildman–Crippen LogP) is 6.06. The van der Waals surface area contributed by atoms with E-state index in [2.05, 4.69) is 24.3 Å². The number of carbonyl (C=O) groups is 1. The highest BCUT2D eigenvalue weighted by molar-refractivity contribution is 6.30. The molecule has 0 radical (unpaired) electrons. The van der Waals surface area contributed by atoms with Gasteiger partial charge in [-0.2, -0.15) is 0 Å². The Kier molecular flexibility index (Phi) is 3.95. The maximum absolute atomic E-state index is 13.6. The van der Waals surface area contributed by atoms with Crippen LogP contribution in [-0.4, -0.2) is 12.0 Å². The average molecular weight is 424 g/mol. The Morgan fingerprint density at radius 1 is 0.710 bits per heavy atom. The van der Waals surface area contributed by atoms with Gasteiger partial charge in [-0.05, 0) is 58.7 Å². The van der Waals surface area contributed by atoms with Gasteiger partial charge in [-0.1, -0.05) is 78.3 Å². The molecule has 0 saturated carbocycles. The van der Waals surface area contributed by atoms with Gasteiger partial charge in [-0.3, -0.25) is 9.69 Å². The lowest BCUT2D eigenvalue weighted by Gasteiger charge is -2.55. The number of hydrogen-bond donors (Lipinski definition) is 0. The normalized spacial score (nSPS) is 17.8. The van der Waals surface area contributed by atoms with E-state index < -0.39 is 11.6 Å². The minimum absolute atomic E-state index is 0.0716. The van der Waals surface area contributed by atoms with E-state index in [1.165, 1.54) is 0 Å². The molecule has 1 unspecified atom stereocenters. The van der Waals surface area contributed by atoms with Gasteiger partial charge in [0.05, 0.1) is 0 Å². The van der Waals surface area contributed by atoms with Crippen molar-refractivity contribution in [1.29, 1.82) is 0 Å².